The number of hydrogen-bond donors (Lipinski definition) is 3. The van der Waals surface area contributed by atoms with E-state index in [1.54, 1.807) is 19.1 Å². The molecule has 1 atom stereocenters. The first kappa shape index (κ1) is 16.2. The molecule has 1 rings (SSSR count). The maximum Gasteiger partial charge on any atom is 0.336 e. The summed E-state index contributed by atoms with van der Waals surface area (Å²) in [6, 6.07) is 4.23. The topological polar surface area (TPSA) is 95.5 Å². The SMILES string of the molecule is CCS(=O)CCNC(=O)Nc1cccc(C(=O)O)c1C. The van der Waals surface area contributed by atoms with Crippen LogP contribution in [0.1, 0.15) is 22.8 Å². The van der Waals surface area contributed by atoms with Gasteiger partial charge < -0.3 is 15.7 Å². The first-order valence-electron chi connectivity index (χ1n) is 6.18. The minimum absolute atomic E-state index is 0.148. The molecule has 0 saturated heterocycles. The average Bonchev–Trinajstić information content (AvgIpc) is 2.40. The van der Waals surface area contributed by atoms with Crippen molar-refractivity contribution < 1.29 is 18.9 Å². The van der Waals surface area contributed by atoms with Gasteiger partial charge in [-0.25, -0.2) is 9.59 Å². The van der Waals surface area contributed by atoms with Crippen molar-refractivity contribution in [2.24, 2.45) is 0 Å². The van der Waals surface area contributed by atoms with Gasteiger partial charge in [0.15, 0.2) is 0 Å². The molecular weight excluding hydrogens is 280 g/mol. The van der Waals surface area contributed by atoms with Crippen LogP contribution in [0.3, 0.4) is 0 Å². The summed E-state index contributed by atoms with van der Waals surface area (Å²) in [5, 5.41) is 14.2. The zero-order valence-electron chi connectivity index (χ0n) is 11.4. The van der Waals surface area contributed by atoms with Crippen LogP contribution in [0.15, 0.2) is 18.2 Å². The highest BCUT2D eigenvalue weighted by Gasteiger charge is 2.11. The normalized spacial score (nSPS) is 11.7. The van der Waals surface area contributed by atoms with Crippen molar-refractivity contribution >= 4 is 28.5 Å². The average molecular weight is 298 g/mol. The largest absolute Gasteiger partial charge is 0.478 e. The maximum atomic E-state index is 11.6. The van der Waals surface area contributed by atoms with E-state index in [1.807, 2.05) is 6.92 Å². The zero-order valence-corrected chi connectivity index (χ0v) is 12.3. The lowest BCUT2D eigenvalue weighted by atomic mass is 10.1. The third-order valence-electron chi connectivity index (χ3n) is 2.75. The molecule has 1 aromatic carbocycles. The molecular formula is C13H18N2O4S. The number of carboxylic acids is 1. The minimum Gasteiger partial charge on any atom is -0.478 e. The first-order valence-corrected chi connectivity index (χ1v) is 7.67. The van der Waals surface area contributed by atoms with Crippen LogP contribution in [-0.2, 0) is 10.8 Å². The minimum atomic E-state index is -1.04. The van der Waals surface area contributed by atoms with Crippen LogP contribution < -0.4 is 10.6 Å². The standard InChI is InChI=1S/C13H18N2O4S/c1-3-20(19)8-7-14-13(18)15-11-6-4-5-10(9(11)2)12(16)17/h4-6H,3,7-8H2,1-2H3,(H,16,17)(H2,14,15,18). The molecule has 7 heteroatoms. The summed E-state index contributed by atoms with van der Waals surface area (Å²) >= 11 is 0. The van der Waals surface area contributed by atoms with Gasteiger partial charge >= 0.3 is 12.0 Å². The van der Waals surface area contributed by atoms with E-state index in [2.05, 4.69) is 10.6 Å². The number of carboxylic acid groups (broad SMARTS) is 1. The highest BCUT2D eigenvalue weighted by molar-refractivity contribution is 7.84. The van der Waals surface area contributed by atoms with Crippen LogP contribution in [0.2, 0.25) is 0 Å². The molecule has 110 valence electrons. The van der Waals surface area contributed by atoms with Crippen molar-refractivity contribution in [3.8, 4) is 0 Å². The molecule has 20 heavy (non-hydrogen) atoms. The fraction of sp³-hybridized carbons (Fsp3) is 0.385. The number of urea groups is 1. The van der Waals surface area contributed by atoms with Gasteiger partial charge in [-0.3, -0.25) is 4.21 Å². The van der Waals surface area contributed by atoms with E-state index in [4.69, 9.17) is 5.11 Å². The molecule has 6 nitrogen and oxygen atoms in total. The van der Waals surface area contributed by atoms with E-state index in [9.17, 15) is 13.8 Å². The van der Waals surface area contributed by atoms with Gasteiger partial charge in [0.1, 0.15) is 0 Å². The number of aromatic carboxylic acids is 1. The lowest BCUT2D eigenvalue weighted by Gasteiger charge is -2.11. The van der Waals surface area contributed by atoms with Gasteiger partial charge in [-0.1, -0.05) is 13.0 Å². The van der Waals surface area contributed by atoms with Crippen molar-refractivity contribution in [3.05, 3.63) is 29.3 Å². The molecule has 1 unspecified atom stereocenters. The number of anilines is 1. The Labute approximate surface area is 120 Å². The number of rotatable bonds is 6. The molecule has 0 radical (unpaired) electrons. The van der Waals surface area contributed by atoms with Crippen molar-refractivity contribution in [2.45, 2.75) is 13.8 Å². The van der Waals surface area contributed by atoms with Crippen molar-refractivity contribution in [1.29, 1.82) is 0 Å². The van der Waals surface area contributed by atoms with Gasteiger partial charge in [-0.05, 0) is 24.6 Å². The molecule has 0 aliphatic heterocycles. The smallest absolute Gasteiger partial charge is 0.336 e. The van der Waals surface area contributed by atoms with E-state index in [-0.39, 0.29) is 5.56 Å². The Hall–Kier alpha value is -1.89. The quantitative estimate of drug-likeness (QED) is 0.743. The van der Waals surface area contributed by atoms with Crippen LogP contribution in [0, 0.1) is 6.92 Å². The van der Waals surface area contributed by atoms with E-state index in [1.165, 1.54) is 6.07 Å². The second kappa shape index (κ2) is 7.64. The molecule has 0 aliphatic rings. The molecule has 0 heterocycles. The molecule has 0 bridgehead atoms. The number of nitrogens with one attached hydrogen (secondary N) is 2. The lowest BCUT2D eigenvalue weighted by molar-refractivity contribution is 0.0696. The first-order chi connectivity index (χ1) is 9.45. The lowest BCUT2D eigenvalue weighted by Crippen LogP contribution is -2.32. The summed E-state index contributed by atoms with van der Waals surface area (Å²) in [5.74, 6) is -0.0777. The van der Waals surface area contributed by atoms with Crippen LogP contribution in [-0.4, -0.2) is 39.4 Å². The monoisotopic (exact) mass is 298 g/mol. The maximum absolute atomic E-state index is 11.6. The Bertz CT molecular complexity index is 531. The van der Waals surface area contributed by atoms with E-state index in [0.29, 0.717) is 29.3 Å². The number of hydrogen-bond acceptors (Lipinski definition) is 3. The Balaban J connectivity index is 2.60. The molecule has 0 aliphatic carbocycles. The molecule has 0 spiro atoms. The predicted octanol–water partition coefficient (Wildman–Crippen LogP) is 1.58. The Morgan fingerprint density at radius 2 is 2.05 bits per heavy atom. The highest BCUT2D eigenvalue weighted by atomic mass is 32.2. The second-order valence-corrected chi connectivity index (χ2v) is 5.96. The van der Waals surface area contributed by atoms with Crippen LogP contribution in [0.5, 0.6) is 0 Å². The summed E-state index contributed by atoms with van der Waals surface area (Å²) in [4.78, 5) is 22.6. The van der Waals surface area contributed by atoms with Crippen molar-refractivity contribution in [1.82, 2.24) is 5.32 Å². The van der Waals surface area contributed by atoms with Gasteiger partial charge in [0, 0.05) is 34.5 Å². The predicted molar refractivity (Wildman–Crippen MR) is 78.7 cm³/mol. The fourth-order valence-electron chi connectivity index (χ4n) is 1.59. The molecule has 0 fully saturated rings. The van der Waals surface area contributed by atoms with Crippen LogP contribution in [0.4, 0.5) is 10.5 Å². The Kier molecular flexibility index (Phi) is 6.17. The fourth-order valence-corrected chi connectivity index (χ4v) is 2.21. The molecule has 2 amide bonds. The zero-order chi connectivity index (χ0) is 15.1. The van der Waals surface area contributed by atoms with E-state index in [0.717, 1.165) is 0 Å². The second-order valence-electron chi connectivity index (χ2n) is 4.10. The molecule has 3 N–H and O–H groups in total. The summed E-state index contributed by atoms with van der Waals surface area (Å²) in [5.41, 5.74) is 1.08. The number of amides is 2. The summed E-state index contributed by atoms with van der Waals surface area (Å²) in [7, 11) is -0.924. The molecule has 0 aromatic heterocycles. The van der Waals surface area contributed by atoms with E-state index < -0.39 is 22.8 Å². The van der Waals surface area contributed by atoms with Gasteiger partial charge in [-0.2, -0.15) is 0 Å². The summed E-state index contributed by atoms with van der Waals surface area (Å²) in [6.45, 7) is 3.76. The summed E-state index contributed by atoms with van der Waals surface area (Å²) in [6.07, 6.45) is 0. The Morgan fingerprint density at radius 1 is 1.35 bits per heavy atom. The third-order valence-corrected chi connectivity index (χ3v) is 4.05. The number of carbonyl (C=O) groups excluding carboxylic acids is 1. The van der Waals surface area contributed by atoms with Crippen molar-refractivity contribution in [3.63, 3.8) is 0 Å². The van der Waals surface area contributed by atoms with Crippen molar-refractivity contribution in [2.75, 3.05) is 23.4 Å². The number of carbonyl (C=O) groups is 2. The Morgan fingerprint density at radius 3 is 2.65 bits per heavy atom. The summed E-state index contributed by atoms with van der Waals surface area (Å²) < 4.78 is 11.2. The van der Waals surface area contributed by atoms with Crippen LogP contribution in [0.25, 0.3) is 0 Å². The van der Waals surface area contributed by atoms with E-state index >= 15 is 0 Å². The highest BCUT2D eigenvalue weighted by Crippen LogP contribution is 2.18. The molecule has 0 saturated carbocycles. The van der Waals surface area contributed by atoms with Gasteiger partial charge in [0.2, 0.25) is 0 Å². The van der Waals surface area contributed by atoms with Gasteiger partial charge in [0.25, 0.3) is 0 Å². The van der Waals surface area contributed by atoms with Gasteiger partial charge in [-0.15, -0.1) is 0 Å². The third kappa shape index (κ3) is 4.65. The van der Waals surface area contributed by atoms with Gasteiger partial charge in [0.05, 0.1) is 5.56 Å². The molecule has 1 aromatic rings. The van der Waals surface area contributed by atoms with Crippen LogP contribution >= 0.6 is 0 Å². The number of benzene rings is 1.